The highest BCUT2D eigenvalue weighted by atomic mass is 15.1. The van der Waals surface area contributed by atoms with E-state index in [2.05, 4.69) is 21.4 Å². The van der Waals surface area contributed by atoms with Gasteiger partial charge in [-0.2, -0.15) is 10.2 Å². The summed E-state index contributed by atoms with van der Waals surface area (Å²) in [7, 11) is 0. The predicted octanol–water partition coefficient (Wildman–Crippen LogP) is 3.14. The fourth-order valence-electron chi connectivity index (χ4n) is 2.24. The van der Waals surface area contributed by atoms with Gasteiger partial charge in [0, 0.05) is 5.39 Å². The van der Waals surface area contributed by atoms with E-state index in [9.17, 15) is 5.26 Å². The van der Waals surface area contributed by atoms with Crippen molar-refractivity contribution < 1.29 is 0 Å². The van der Waals surface area contributed by atoms with Gasteiger partial charge < -0.3 is 11.1 Å². The number of hydrogen-bond donors (Lipinski definition) is 2. The number of nitrogens with zero attached hydrogens (tertiary/aromatic N) is 3. The van der Waals surface area contributed by atoms with Gasteiger partial charge in [0.1, 0.15) is 11.9 Å². The Kier molecular flexibility index (Phi) is 3.13. The van der Waals surface area contributed by atoms with E-state index in [0.717, 1.165) is 16.5 Å². The number of para-hydroxylation sites is 1. The number of benzene rings is 2. The first-order valence-corrected chi connectivity index (χ1v) is 6.48. The van der Waals surface area contributed by atoms with Crippen molar-refractivity contribution in [3.63, 3.8) is 0 Å². The third-order valence-corrected chi connectivity index (χ3v) is 3.26. The van der Waals surface area contributed by atoms with Crippen LogP contribution in [0.3, 0.4) is 0 Å². The number of rotatable bonds is 2. The van der Waals surface area contributed by atoms with Crippen LogP contribution in [-0.4, -0.2) is 9.97 Å². The second-order valence-corrected chi connectivity index (χ2v) is 4.68. The normalized spacial score (nSPS) is 10.3. The number of fused-ring (bicyclic) bond motifs is 1. The maximum Gasteiger partial charge on any atom is 0.222 e. The van der Waals surface area contributed by atoms with Crippen molar-refractivity contribution in [3.05, 3.63) is 53.6 Å². The summed E-state index contributed by atoms with van der Waals surface area (Å²) in [6.07, 6.45) is 0. The molecule has 1 aromatic heterocycles. The topological polar surface area (TPSA) is 87.6 Å². The van der Waals surface area contributed by atoms with E-state index in [1.807, 2.05) is 49.4 Å². The predicted molar refractivity (Wildman–Crippen MR) is 83.1 cm³/mol. The number of hydrogen-bond acceptors (Lipinski definition) is 5. The summed E-state index contributed by atoms with van der Waals surface area (Å²) in [5.74, 6) is 0.794. The molecule has 2 aromatic carbocycles. The van der Waals surface area contributed by atoms with Gasteiger partial charge in [0.2, 0.25) is 5.95 Å². The second-order valence-electron chi connectivity index (χ2n) is 4.68. The lowest BCUT2D eigenvalue weighted by Crippen LogP contribution is -2.02. The maximum absolute atomic E-state index is 9.30. The van der Waals surface area contributed by atoms with Crippen molar-refractivity contribution in [1.29, 1.82) is 5.26 Å². The van der Waals surface area contributed by atoms with Crippen LogP contribution in [0.15, 0.2) is 42.5 Å². The monoisotopic (exact) mass is 275 g/mol. The van der Waals surface area contributed by atoms with Crippen LogP contribution in [0.5, 0.6) is 0 Å². The summed E-state index contributed by atoms with van der Waals surface area (Å²) >= 11 is 0. The first-order chi connectivity index (χ1) is 10.2. The van der Waals surface area contributed by atoms with E-state index in [4.69, 9.17) is 5.73 Å². The van der Waals surface area contributed by atoms with E-state index in [0.29, 0.717) is 17.1 Å². The number of aryl methyl sites for hydroxylation is 1. The molecule has 0 aliphatic heterocycles. The average molecular weight is 275 g/mol. The van der Waals surface area contributed by atoms with Crippen molar-refractivity contribution in [3.8, 4) is 6.07 Å². The van der Waals surface area contributed by atoms with Gasteiger partial charge in [0.15, 0.2) is 0 Å². The molecule has 0 aliphatic carbocycles. The Morgan fingerprint density at radius 3 is 2.71 bits per heavy atom. The molecule has 0 amide bonds. The van der Waals surface area contributed by atoms with Gasteiger partial charge in [-0.05, 0) is 30.7 Å². The van der Waals surface area contributed by atoms with E-state index >= 15 is 0 Å². The molecule has 0 fully saturated rings. The number of aromatic nitrogens is 2. The summed E-state index contributed by atoms with van der Waals surface area (Å²) in [4.78, 5) is 8.45. The highest BCUT2D eigenvalue weighted by molar-refractivity contribution is 5.92. The fourth-order valence-corrected chi connectivity index (χ4v) is 2.24. The SMILES string of the molecule is Cc1cccc(Nc2nc(N)nc3ccccc23)c1C#N. The molecule has 0 radical (unpaired) electrons. The summed E-state index contributed by atoms with van der Waals surface area (Å²) < 4.78 is 0. The van der Waals surface area contributed by atoms with Gasteiger partial charge in [-0.1, -0.05) is 24.3 Å². The highest BCUT2D eigenvalue weighted by Crippen LogP contribution is 2.27. The van der Waals surface area contributed by atoms with Gasteiger partial charge >= 0.3 is 0 Å². The van der Waals surface area contributed by atoms with Gasteiger partial charge in [0.05, 0.1) is 16.8 Å². The minimum Gasteiger partial charge on any atom is -0.368 e. The molecule has 0 bridgehead atoms. The molecule has 0 saturated carbocycles. The van der Waals surface area contributed by atoms with Crippen molar-refractivity contribution >= 4 is 28.4 Å². The van der Waals surface area contributed by atoms with Crippen molar-refractivity contribution in [2.45, 2.75) is 6.92 Å². The zero-order chi connectivity index (χ0) is 14.8. The molecule has 0 saturated heterocycles. The molecule has 3 aromatic rings. The Hall–Kier alpha value is -3.13. The molecule has 1 heterocycles. The third kappa shape index (κ3) is 2.35. The van der Waals surface area contributed by atoms with Gasteiger partial charge in [0.25, 0.3) is 0 Å². The summed E-state index contributed by atoms with van der Waals surface area (Å²) in [6, 6.07) is 15.4. The molecule has 3 N–H and O–H groups in total. The Balaban J connectivity index is 2.15. The molecule has 5 heteroatoms. The van der Waals surface area contributed by atoms with Crippen molar-refractivity contribution in [2.24, 2.45) is 0 Å². The number of nitriles is 1. The van der Waals surface area contributed by atoms with Gasteiger partial charge in [-0.3, -0.25) is 0 Å². The smallest absolute Gasteiger partial charge is 0.222 e. The van der Waals surface area contributed by atoms with Gasteiger partial charge in [-0.15, -0.1) is 0 Å². The van der Waals surface area contributed by atoms with E-state index in [-0.39, 0.29) is 5.95 Å². The van der Waals surface area contributed by atoms with E-state index in [1.165, 1.54) is 0 Å². The second kappa shape index (κ2) is 5.10. The number of nitrogens with one attached hydrogen (secondary N) is 1. The van der Waals surface area contributed by atoms with Crippen LogP contribution in [0.4, 0.5) is 17.5 Å². The Bertz CT molecular complexity index is 864. The lowest BCUT2D eigenvalue weighted by atomic mass is 10.1. The summed E-state index contributed by atoms with van der Waals surface area (Å²) in [5, 5.41) is 13.4. The van der Waals surface area contributed by atoms with Crippen molar-refractivity contribution in [2.75, 3.05) is 11.1 Å². The maximum atomic E-state index is 9.30. The van der Waals surface area contributed by atoms with Crippen LogP contribution in [0.25, 0.3) is 10.9 Å². The van der Waals surface area contributed by atoms with Crippen LogP contribution >= 0.6 is 0 Å². The number of nitrogens with two attached hydrogens (primary N) is 1. The minimum absolute atomic E-state index is 0.197. The average Bonchev–Trinajstić information content (AvgIpc) is 2.47. The van der Waals surface area contributed by atoms with Crippen molar-refractivity contribution in [1.82, 2.24) is 9.97 Å². The van der Waals surface area contributed by atoms with E-state index in [1.54, 1.807) is 0 Å². The van der Waals surface area contributed by atoms with E-state index < -0.39 is 0 Å². The Morgan fingerprint density at radius 1 is 1.10 bits per heavy atom. The molecule has 0 aliphatic rings. The first kappa shape index (κ1) is 12.9. The van der Waals surface area contributed by atoms with Crippen LogP contribution in [0, 0.1) is 18.3 Å². The molecule has 21 heavy (non-hydrogen) atoms. The molecule has 0 unspecified atom stereocenters. The van der Waals surface area contributed by atoms with Crippen LogP contribution in [0.2, 0.25) is 0 Å². The van der Waals surface area contributed by atoms with Crippen LogP contribution in [0.1, 0.15) is 11.1 Å². The number of anilines is 3. The molecule has 0 atom stereocenters. The summed E-state index contributed by atoms with van der Waals surface area (Å²) in [6.45, 7) is 1.90. The fraction of sp³-hybridized carbons (Fsp3) is 0.0625. The molecule has 3 rings (SSSR count). The number of nitrogen functional groups attached to an aromatic ring is 1. The first-order valence-electron chi connectivity index (χ1n) is 6.48. The Labute approximate surface area is 122 Å². The lowest BCUT2D eigenvalue weighted by molar-refractivity contribution is 1.23. The molecule has 102 valence electrons. The largest absolute Gasteiger partial charge is 0.368 e. The molecular formula is C16H13N5. The Morgan fingerprint density at radius 2 is 1.90 bits per heavy atom. The minimum atomic E-state index is 0.197. The third-order valence-electron chi connectivity index (χ3n) is 3.26. The van der Waals surface area contributed by atoms with Gasteiger partial charge in [-0.25, -0.2) is 4.98 Å². The molecule has 0 spiro atoms. The van der Waals surface area contributed by atoms with Crippen LogP contribution < -0.4 is 11.1 Å². The highest BCUT2D eigenvalue weighted by Gasteiger charge is 2.09. The standard InChI is InChI=1S/C16H13N5/c1-10-5-4-8-14(12(10)9-17)19-15-11-6-2-3-7-13(11)20-16(18)21-15/h2-8H,1H3,(H3,18,19,20,21). The molecular weight excluding hydrogens is 262 g/mol. The quantitative estimate of drug-likeness (QED) is 0.750. The van der Waals surface area contributed by atoms with Crippen LogP contribution in [-0.2, 0) is 0 Å². The summed E-state index contributed by atoms with van der Waals surface area (Å²) in [5.41, 5.74) is 8.73. The zero-order valence-corrected chi connectivity index (χ0v) is 11.5. The lowest BCUT2D eigenvalue weighted by Gasteiger charge is -2.11. The molecule has 5 nitrogen and oxygen atoms in total. The zero-order valence-electron chi connectivity index (χ0n) is 11.5.